The molecule has 0 bridgehead atoms. The molecule has 0 amide bonds. The van der Waals surface area contributed by atoms with Crippen molar-refractivity contribution in [2.75, 3.05) is 5.73 Å². The zero-order valence-corrected chi connectivity index (χ0v) is 11.3. The van der Waals surface area contributed by atoms with Gasteiger partial charge in [0.15, 0.2) is 0 Å². The molecule has 0 spiro atoms. The number of anilines is 1. The summed E-state index contributed by atoms with van der Waals surface area (Å²) < 4.78 is 18.6. The van der Waals surface area contributed by atoms with E-state index in [1.54, 1.807) is 13.0 Å². The van der Waals surface area contributed by atoms with Gasteiger partial charge in [-0.15, -0.1) is 0 Å². The lowest BCUT2D eigenvalue weighted by Crippen LogP contribution is -2.08. The SMILES string of the molecule is Cc1cccc(COC(=O)c2cc(N)c(C)c(F)c2)n1. The van der Waals surface area contributed by atoms with E-state index in [0.717, 1.165) is 11.8 Å². The summed E-state index contributed by atoms with van der Waals surface area (Å²) in [6.45, 7) is 3.44. The molecule has 0 aliphatic heterocycles. The summed E-state index contributed by atoms with van der Waals surface area (Å²) >= 11 is 0. The Kier molecular flexibility index (Phi) is 3.98. The van der Waals surface area contributed by atoms with Crippen molar-refractivity contribution in [3.05, 3.63) is 58.7 Å². The molecule has 5 heteroatoms. The van der Waals surface area contributed by atoms with E-state index in [1.165, 1.54) is 6.07 Å². The van der Waals surface area contributed by atoms with Crippen LogP contribution in [-0.2, 0) is 11.3 Å². The lowest BCUT2D eigenvalue weighted by atomic mass is 10.1. The lowest BCUT2D eigenvalue weighted by Gasteiger charge is -2.07. The zero-order valence-electron chi connectivity index (χ0n) is 11.3. The average Bonchev–Trinajstić information content (AvgIpc) is 2.41. The molecule has 2 rings (SSSR count). The number of ether oxygens (including phenoxy) is 1. The minimum Gasteiger partial charge on any atom is -0.456 e. The maximum Gasteiger partial charge on any atom is 0.338 e. The first-order valence-electron chi connectivity index (χ1n) is 6.12. The number of aryl methyl sites for hydroxylation is 1. The predicted molar refractivity (Wildman–Crippen MR) is 73.6 cm³/mol. The Balaban J connectivity index is 2.09. The molecular weight excluding hydrogens is 259 g/mol. The van der Waals surface area contributed by atoms with Gasteiger partial charge in [-0.2, -0.15) is 0 Å². The molecule has 4 nitrogen and oxygen atoms in total. The number of carbonyl (C=O) groups is 1. The Morgan fingerprint density at radius 3 is 2.75 bits per heavy atom. The molecule has 1 heterocycles. The number of hydrogen-bond donors (Lipinski definition) is 1. The molecule has 2 aromatic rings. The smallest absolute Gasteiger partial charge is 0.338 e. The van der Waals surface area contributed by atoms with Crippen molar-refractivity contribution in [1.82, 2.24) is 4.98 Å². The Labute approximate surface area is 116 Å². The molecule has 104 valence electrons. The molecular formula is C15H15FN2O2. The Bertz CT molecular complexity index is 633. The number of carbonyl (C=O) groups excluding carboxylic acids is 1. The molecule has 0 radical (unpaired) electrons. The first-order chi connectivity index (χ1) is 9.47. The number of benzene rings is 1. The highest BCUT2D eigenvalue weighted by Gasteiger charge is 2.12. The van der Waals surface area contributed by atoms with Gasteiger partial charge in [-0.25, -0.2) is 9.18 Å². The fourth-order valence-corrected chi connectivity index (χ4v) is 1.72. The van der Waals surface area contributed by atoms with E-state index >= 15 is 0 Å². The van der Waals surface area contributed by atoms with Gasteiger partial charge in [-0.3, -0.25) is 4.98 Å². The monoisotopic (exact) mass is 274 g/mol. The number of esters is 1. The highest BCUT2D eigenvalue weighted by Crippen LogP contribution is 2.18. The van der Waals surface area contributed by atoms with Crippen LogP contribution < -0.4 is 5.73 Å². The molecule has 0 atom stereocenters. The van der Waals surface area contributed by atoms with Gasteiger partial charge in [0.05, 0.1) is 11.3 Å². The molecule has 1 aromatic heterocycles. The number of hydrogen-bond acceptors (Lipinski definition) is 4. The van der Waals surface area contributed by atoms with E-state index in [-0.39, 0.29) is 17.9 Å². The van der Waals surface area contributed by atoms with E-state index in [1.807, 2.05) is 19.1 Å². The topological polar surface area (TPSA) is 65.2 Å². The van der Waals surface area contributed by atoms with E-state index in [4.69, 9.17) is 10.5 Å². The Morgan fingerprint density at radius 1 is 1.35 bits per heavy atom. The van der Waals surface area contributed by atoms with E-state index in [0.29, 0.717) is 11.3 Å². The molecule has 0 saturated heterocycles. The highest BCUT2D eigenvalue weighted by molar-refractivity contribution is 5.90. The quantitative estimate of drug-likeness (QED) is 0.690. The summed E-state index contributed by atoms with van der Waals surface area (Å²) in [4.78, 5) is 16.1. The maximum absolute atomic E-state index is 13.5. The largest absolute Gasteiger partial charge is 0.456 e. The van der Waals surface area contributed by atoms with Gasteiger partial charge in [0.2, 0.25) is 0 Å². The van der Waals surface area contributed by atoms with Crippen molar-refractivity contribution in [1.29, 1.82) is 0 Å². The third kappa shape index (κ3) is 3.12. The van der Waals surface area contributed by atoms with Crippen LogP contribution >= 0.6 is 0 Å². The van der Waals surface area contributed by atoms with Gasteiger partial charge in [-0.05, 0) is 38.1 Å². The number of nitrogens with zero attached hydrogens (tertiary/aromatic N) is 1. The minimum absolute atomic E-state index is 0.0376. The van der Waals surface area contributed by atoms with Crippen molar-refractivity contribution in [2.24, 2.45) is 0 Å². The molecule has 0 unspecified atom stereocenters. The van der Waals surface area contributed by atoms with Crippen LogP contribution in [0.5, 0.6) is 0 Å². The van der Waals surface area contributed by atoms with Crippen molar-refractivity contribution >= 4 is 11.7 Å². The summed E-state index contributed by atoms with van der Waals surface area (Å²) in [5, 5.41) is 0. The van der Waals surface area contributed by atoms with Crippen molar-refractivity contribution in [3.63, 3.8) is 0 Å². The summed E-state index contributed by atoms with van der Waals surface area (Å²) in [7, 11) is 0. The number of nitrogens with two attached hydrogens (primary N) is 1. The van der Waals surface area contributed by atoms with Gasteiger partial charge in [0.25, 0.3) is 0 Å². The third-order valence-electron chi connectivity index (χ3n) is 2.92. The van der Waals surface area contributed by atoms with Crippen molar-refractivity contribution in [3.8, 4) is 0 Å². The van der Waals surface area contributed by atoms with E-state index < -0.39 is 11.8 Å². The third-order valence-corrected chi connectivity index (χ3v) is 2.92. The highest BCUT2D eigenvalue weighted by atomic mass is 19.1. The van der Waals surface area contributed by atoms with Gasteiger partial charge in [0, 0.05) is 16.9 Å². The number of nitrogen functional groups attached to an aromatic ring is 1. The number of pyridine rings is 1. The van der Waals surface area contributed by atoms with Gasteiger partial charge in [-0.1, -0.05) is 6.07 Å². The Hall–Kier alpha value is -2.43. The first kappa shape index (κ1) is 14.0. The zero-order chi connectivity index (χ0) is 14.7. The number of aromatic nitrogens is 1. The summed E-state index contributed by atoms with van der Waals surface area (Å²) in [5.74, 6) is -1.15. The average molecular weight is 274 g/mol. The fourth-order valence-electron chi connectivity index (χ4n) is 1.72. The van der Waals surface area contributed by atoms with Crippen molar-refractivity contribution < 1.29 is 13.9 Å². The molecule has 1 aromatic carbocycles. The first-order valence-corrected chi connectivity index (χ1v) is 6.12. The fraction of sp³-hybridized carbons (Fsp3) is 0.200. The van der Waals surface area contributed by atoms with Gasteiger partial charge < -0.3 is 10.5 Å². The molecule has 0 aliphatic rings. The van der Waals surface area contributed by atoms with E-state index in [2.05, 4.69) is 4.98 Å². The lowest BCUT2D eigenvalue weighted by molar-refractivity contribution is 0.0467. The van der Waals surface area contributed by atoms with E-state index in [9.17, 15) is 9.18 Å². The molecule has 2 N–H and O–H groups in total. The van der Waals surface area contributed by atoms with Crippen LogP contribution in [0.1, 0.15) is 27.3 Å². The summed E-state index contributed by atoms with van der Waals surface area (Å²) in [6.07, 6.45) is 0. The van der Waals surface area contributed by atoms with Gasteiger partial charge >= 0.3 is 5.97 Å². The van der Waals surface area contributed by atoms with Crippen LogP contribution in [0, 0.1) is 19.7 Å². The van der Waals surface area contributed by atoms with Crippen LogP contribution in [0.25, 0.3) is 0 Å². The molecule has 0 aliphatic carbocycles. The van der Waals surface area contributed by atoms with Crippen LogP contribution in [0.4, 0.5) is 10.1 Å². The van der Waals surface area contributed by atoms with Crippen LogP contribution in [-0.4, -0.2) is 11.0 Å². The van der Waals surface area contributed by atoms with Crippen LogP contribution in [0.3, 0.4) is 0 Å². The molecule has 20 heavy (non-hydrogen) atoms. The minimum atomic E-state index is -0.626. The standard InChI is InChI=1S/C15H15FN2O2/c1-9-4-3-5-12(18-9)8-20-15(19)11-6-13(16)10(2)14(17)7-11/h3-7H,8,17H2,1-2H3. The second-order valence-corrected chi connectivity index (χ2v) is 4.52. The summed E-state index contributed by atoms with van der Waals surface area (Å²) in [5.41, 5.74) is 7.75. The second-order valence-electron chi connectivity index (χ2n) is 4.52. The normalized spacial score (nSPS) is 10.3. The molecule has 0 saturated carbocycles. The number of halogens is 1. The summed E-state index contributed by atoms with van der Waals surface area (Å²) in [6, 6.07) is 7.96. The van der Waals surface area contributed by atoms with Gasteiger partial charge in [0.1, 0.15) is 12.4 Å². The second kappa shape index (κ2) is 5.69. The maximum atomic E-state index is 13.5. The van der Waals surface area contributed by atoms with Crippen LogP contribution in [0.15, 0.2) is 30.3 Å². The number of rotatable bonds is 3. The Morgan fingerprint density at radius 2 is 2.10 bits per heavy atom. The van der Waals surface area contributed by atoms with Crippen molar-refractivity contribution in [2.45, 2.75) is 20.5 Å². The predicted octanol–water partition coefficient (Wildman–Crippen LogP) is 2.78. The van der Waals surface area contributed by atoms with Crippen LogP contribution in [0.2, 0.25) is 0 Å². The molecule has 0 fully saturated rings.